The summed E-state index contributed by atoms with van der Waals surface area (Å²) in [6.45, 7) is 3.17. The molecule has 28 heavy (non-hydrogen) atoms. The van der Waals surface area contributed by atoms with Crippen molar-refractivity contribution in [2.24, 2.45) is 0 Å². The molecule has 0 radical (unpaired) electrons. The number of aryl methyl sites for hydroxylation is 1. The van der Waals surface area contributed by atoms with E-state index in [-0.39, 0.29) is 24.3 Å². The average Bonchev–Trinajstić information content (AvgIpc) is 2.84. The molecule has 0 spiro atoms. The maximum Gasteiger partial charge on any atom is 0.226 e. The van der Waals surface area contributed by atoms with Crippen LogP contribution in [0.4, 0.5) is 0 Å². The Morgan fingerprint density at radius 1 is 1.29 bits per heavy atom. The topological polar surface area (TPSA) is 71.5 Å². The Morgan fingerprint density at radius 2 is 2.14 bits per heavy atom. The zero-order chi connectivity index (χ0) is 19.9. The van der Waals surface area contributed by atoms with Crippen LogP contribution in [0.25, 0.3) is 0 Å². The van der Waals surface area contributed by atoms with E-state index in [0.29, 0.717) is 25.9 Å². The van der Waals surface area contributed by atoms with Gasteiger partial charge in [0.05, 0.1) is 13.5 Å². The first-order chi connectivity index (χ1) is 13.5. The van der Waals surface area contributed by atoms with Gasteiger partial charge >= 0.3 is 0 Å². The van der Waals surface area contributed by atoms with Crippen LogP contribution in [0.1, 0.15) is 36.1 Å². The van der Waals surface area contributed by atoms with Gasteiger partial charge in [-0.1, -0.05) is 12.1 Å². The molecule has 1 aliphatic rings. The van der Waals surface area contributed by atoms with E-state index in [2.05, 4.69) is 10.3 Å². The number of hydrogen-bond donors (Lipinski definition) is 1. The average molecular weight is 381 g/mol. The Kier molecular flexibility index (Phi) is 6.63. The highest BCUT2D eigenvalue weighted by atomic mass is 16.5. The smallest absolute Gasteiger partial charge is 0.226 e. The van der Waals surface area contributed by atoms with E-state index in [1.807, 2.05) is 48.2 Å². The number of amides is 2. The summed E-state index contributed by atoms with van der Waals surface area (Å²) in [6.07, 6.45) is 3.85. The van der Waals surface area contributed by atoms with Gasteiger partial charge in [0, 0.05) is 37.4 Å². The summed E-state index contributed by atoms with van der Waals surface area (Å²) >= 11 is 0. The lowest BCUT2D eigenvalue weighted by Crippen LogP contribution is -2.36. The van der Waals surface area contributed by atoms with Crippen LogP contribution in [0.2, 0.25) is 0 Å². The van der Waals surface area contributed by atoms with Crippen LogP contribution in [0.5, 0.6) is 5.75 Å². The molecule has 0 bridgehead atoms. The Labute approximate surface area is 165 Å². The van der Waals surface area contributed by atoms with Gasteiger partial charge in [-0.15, -0.1) is 0 Å². The zero-order valence-electron chi connectivity index (χ0n) is 16.5. The quantitative estimate of drug-likeness (QED) is 0.835. The molecular formula is C22H27N3O3. The molecule has 6 heteroatoms. The fourth-order valence-corrected chi connectivity index (χ4v) is 3.48. The van der Waals surface area contributed by atoms with Crippen molar-refractivity contribution in [2.45, 2.75) is 45.2 Å². The van der Waals surface area contributed by atoms with Gasteiger partial charge in [-0.2, -0.15) is 0 Å². The summed E-state index contributed by atoms with van der Waals surface area (Å²) in [5, 5.41) is 3.07. The third kappa shape index (κ3) is 5.55. The molecule has 1 N–H and O–H groups in total. The standard InChI is InChI=1S/C22H27N3O3/c1-16-8-10-23-19(12-16)14-21(26)24-18-6-7-22(27)25(11-9-18)15-17-4-3-5-20(13-17)28-2/h3-5,8,10,12-13,18H,6-7,9,11,14-15H2,1-2H3,(H,24,26). The van der Waals surface area contributed by atoms with Crippen LogP contribution in [-0.4, -0.2) is 41.4 Å². The molecule has 0 saturated carbocycles. The van der Waals surface area contributed by atoms with Crippen molar-refractivity contribution in [1.29, 1.82) is 0 Å². The number of ether oxygens (including phenoxy) is 1. The highest BCUT2D eigenvalue weighted by molar-refractivity contribution is 5.79. The molecule has 1 fully saturated rings. The van der Waals surface area contributed by atoms with Crippen LogP contribution in [-0.2, 0) is 22.6 Å². The van der Waals surface area contributed by atoms with Crippen LogP contribution in [0.15, 0.2) is 42.6 Å². The van der Waals surface area contributed by atoms with Crippen LogP contribution < -0.4 is 10.1 Å². The van der Waals surface area contributed by atoms with Gasteiger partial charge in [-0.25, -0.2) is 0 Å². The summed E-state index contributed by atoms with van der Waals surface area (Å²) in [5.74, 6) is 0.867. The molecule has 6 nitrogen and oxygen atoms in total. The van der Waals surface area contributed by atoms with Gasteiger partial charge in [0.15, 0.2) is 0 Å². The molecule has 1 aromatic carbocycles. The van der Waals surface area contributed by atoms with E-state index in [1.54, 1.807) is 13.3 Å². The van der Waals surface area contributed by atoms with Crippen LogP contribution >= 0.6 is 0 Å². The Morgan fingerprint density at radius 3 is 2.93 bits per heavy atom. The van der Waals surface area contributed by atoms with E-state index < -0.39 is 0 Å². The SMILES string of the molecule is COc1cccc(CN2CCC(NC(=O)Cc3cc(C)ccn3)CCC2=O)c1. The highest BCUT2D eigenvalue weighted by Gasteiger charge is 2.23. The molecule has 1 aliphatic heterocycles. The van der Waals surface area contributed by atoms with Crippen molar-refractivity contribution in [2.75, 3.05) is 13.7 Å². The molecule has 1 unspecified atom stereocenters. The molecular weight excluding hydrogens is 354 g/mol. The van der Waals surface area contributed by atoms with Gasteiger partial charge in [0.25, 0.3) is 0 Å². The second kappa shape index (κ2) is 9.35. The van der Waals surface area contributed by atoms with Crippen molar-refractivity contribution in [3.05, 3.63) is 59.4 Å². The van der Waals surface area contributed by atoms with Crippen molar-refractivity contribution in [3.63, 3.8) is 0 Å². The number of rotatable bonds is 6. The number of carbonyl (C=O) groups is 2. The third-order valence-corrected chi connectivity index (χ3v) is 4.99. The number of hydrogen-bond acceptors (Lipinski definition) is 4. The first-order valence-electron chi connectivity index (χ1n) is 9.65. The van der Waals surface area contributed by atoms with Gasteiger partial charge in [0.2, 0.25) is 11.8 Å². The summed E-state index contributed by atoms with van der Waals surface area (Å²) < 4.78 is 5.26. The van der Waals surface area contributed by atoms with Gasteiger partial charge in [0.1, 0.15) is 5.75 Å². The highest BCUT2D eigenvalue weighted by Crippen LogP contribution is 2.18. The van der Waals surface area contributed by atoms with Gasteiger partial charge < -0.3 is 15.0 Å². The fraction of sp³-hybridized carbons (Fsp3) is 0.409. The molecule has 3 rings (SSSR count). The first kappa shape index (κ1) is 19.9. The van der Waals surface area contributed by atoms with Crippen molar-refractivity contribution in [1.82, 2.24) is 15.2 Å². The minimum absolute atomic E-state index is 0.0107. The lowest BCUT2D eigenvalue weighted by Gasteiger charge is -2.21. The number of likely N-dealkylation sites (tertiary alicyclic amines) is 1. The predicted molar refractivity (Wildman–Crippen MR) is 107 cm³/mol. The number of nitrogens with one attached hydrogen (secondary N) is 1. The maximum absolute atomic E-state index is 12.5. The molecule has 2 amide bonds. The van der Waals surface area contributed by atoms with Crippen molar-refractivity contribution >= 4 is 11.8 Å². The summed E-state index contributed by atoms with van der Waals surface area (Å²) in [7, 11) is 1.63. The Hall–Kier alpha value is -2.89. The normalized spacial score (nSPS) is 17.1. The van der Waals surface area contributed by atoms with Gasteiger partial charge in [-0.3, -0.25) is 14.6 Å². The number of aromatic nitrogens is 1. The fourth-order valence-electron chi connectivity index (χ4n) is 3.48. The number of nitrogens with zero attached hydrogens (tertiary/aromatic N) is 2. The van der Waals surface area contributed by atoms with Crippen molar-refractivity contribution < 1.29 is 14.3 Å². The van der Waals surface area contributed by atoms with Crippen molar-refractivity contribution in [3.8, 4) is 5.75 Å². The summed E-state index contributed by atoms with van der Waals surface area (Å²) in [6, 6.07) is 11.6. The largest absolute Gasteiger partial charge is 0.497 e. The van der Waals surface area contributed by atoms with E-state index in [1.165, 1.54) is 0 Å². The lowest BCUT2D eigenvalue weighted by atomic mass is 10.1. The van der Waals surface area contributed by atoms with Gasteiger partial charge in [-0.05, 0) is 55.2 Å². The monoisotopic (exact) mass is 381 g/mol. The maximum atomic E-state index is 12.5. The van der Waals surface area contributed by atoms with E-state index >= 15 is 0 Å². The van der Waals surface area contributed by atoms with E-state index in [4.69, 9.17) is 4.74 Å². The third-order valence-electron chi connectivity index (χ3n) is 4.99. The minimum atomic E-state index is -0.0446. The lowest BCUT2D eigenvalue weighted by molar-refractivity contribution is -0.131. The van der Waals surface area contributed by atoms with Crippen LogP contribution in [0, 0.1) is 6.92 Å². The Bertz CT molecular complexity index is 837. The molecule has 1 atom stereocenters. The van der Waals surface area contributed by atoms with E-state index in [0.717, 1.165) is 29.0 Å². The molecule has 2 aromatic rings. The first-order valence-corrected chi connectivity index (χ1v) is 9.65. The molecule has 1 saturated heterocycles. The molecule has 0 aliphatic carbocycles. The second-order valence-corrected chi connectivity index (χ2v) is 7.26. The zero-order valence-corrected chi connectivity index (χ0v) is 16.5. The number of carbonyl (C=O) groups excluding carboxylic acids is 2. The van der Waals surface area contributed by atoms with Crippen LogP contribution in [0.3, 0.4) is 0 Å². The number of methoxy groups -OCH3 is 1. The molecule has 1 aromatic heterocycles. The predicted octanol–water partition coefficient (Wildman–Crippen LogP) is 2.64. The van der Waals surface area contributed by atoms with E-state index in [9.17, 15) is 9.59 Å². The summed E-state index contributed by atoms with van der Waals surface area (Å²) in [5.41, 5.74) is 2.90. The summed E-state index contributed by atoms with van der Waals surface area (Å²) in [4.78, 5) is 31.0. The minimum Gasteiger partial charge on any atom is -0.497 e. The second-order valence-electron chi connectivity index (χ2n) is 7.26. The Balaban J connectivity index is 1.54. The molecule has 148 valence electrons. The number of benzene rings is 1. The molecule has 2 heterocycles. The number of pyridine rings is 1.